The van der Waals surface area contributed by atoms with Crippen LogP contribution in [0.2, 0.25) is 5.02 Å². The van der Waals surface area contributed by atoms with E-state index in [0.29, 0.717) is 22.8 Å². The second-order valence-electron chi connectivity index (χ2n) is 6.90. The van der Waals surface area contributed by atoms with Gasteiger partial charge in [-0.2, -0.15) is 11.8 Å². The summed E-state index contributed by atoms with van der Waals surface area (Å²) in [5, 5.41) is 3.27. The second kappa shape index (κ2) is 10.9. The average molecular weight is 455 g/mol. The van der Waals surface area contributed by atoms with Crippen molar-refractivity contribution in [2.45, 2.75) is 26.0 Å². The lowest BCUT2D eigenvalue weighted by molar-refractivity contribution is -0.119. The Bertz CT molecular complexity index is 949. The van der Waals surface area contributed by atoms with Gasteiger partial charge in [0.25, 0.3) is 0 Å². The quantitative estimate of drug-likeness (QED) is 0.547. The predicted molar refractivity (Wildman–Crippen MR) is 123 cm³/mol. The van der Waals surface area contributed by atoms with Gasteiger partial charge in [-0.1, -0.05) is 47.5 Å². The Morgan fingerprint density at radius 3 is 2.59 bits per heavy atom. The molecule has 0 spiro atoms. The number of sulfonamides is 1. The van der Waals surface area contributed by atoms with Crippen molar-refractivity contribution in [2.75, 3.05) is 29.4 Å². The van der Waals surface area contributed by atoms with Gasteiger partial charge < -0.3 is 5.32 Å². The molecule has 8 heteroatoms. The molecule has 0 atom stereocenters. The van der Waals surface area contributed by atoms with Crippen LogP contribution in [0.5, 0.6) is 0 Å². The SMILES string of the molecule is Cc1cccc(CSCCCNC(=O)CN(c2cccc(Cl)c2C)S(C)(=O)=O)c1. The molecule has 0 aliphatic rings. The highest BCUT2D eigenvalue weighted by molar-refractivity contribution is 7.98. The van der Waals surface area contributed by atoms with Crippen LogP contribution >= 0.6 is 23.4 Å². The number of carbonyl (C=O) groups is 1. The Morgan fingerprint density at radius 2 is 1.90 bits per heavy atom. The van der Waals surface area contributed by atoms with E-state index in [4.69, 9.17) is 11.6 Å². The molecule has 0 fully saturated rings. The van der Waals surface area contributed by atoms with Crippen molar-refractivity contribution in [3.8, 4) is 0 Å². The molecule has 0 aliphatic heterocycles. The number of nitrogens with one attached hydrogen (secondary N) is 1. The Hall–Kier alpha value is -1.70. The molecule has 1 amide bonds. The first-order valence-electron chi connectivity index (χ1n) is 9.31. The minimum atomic E-state index is -3.62. The zero-order valence-corrected chi connectivity index (χ0v) is 19.3. The summed E-state index contributed by atoms with van der Waals surface area (Å²) in [6, 6.07) is 13.4. The van der Waals surface area contributed by atoms with Gasteiger partial charge in [0.05, 0.1) is 11.9 Å². The molecule has 0 radical (unpaired) electrons. The molecule has 2 aromatic rings. The molecular weight excluding hydrogens is 428 g/mol. The normalized spacial score (nSPS) is 11.3. The molecule has 29 heavy (non-hydrogen) atoms. The maximum Gasteiger partial charge on any atom is 0.240 e. The molecule has 0 aliphatic carbocycles. The van der Waals surface area contributed by atoms with Crippen LogP contribution in [0.3, 0.4) is 0 Å². The van der Waals surface area contributed by atoms with Crippen molar-refractivity contribution in [3.05, 3.63) is 64.2 Å². The third-order valence-corrected chi connectivity index (χ3v) is 6.98. The van der Waals surface area contributed by atoms with Gasteiger partial charge in [-0.25, -0.2) is 8.42 Å². The standard InChI is InChI=1S/C21H27ClN2O3S2/c1-16-7-4-8-18(13-16)15-28-12-6-11-23-21(25)14-24(29(3,26)27)20-10-5-9-19(22)17(20)2/h4-5,7-10,13H,6,11-12,14-15H2,1-3H3,(H,23,25). The summed E-state index contributed by atoms with van der Waals surface area (Å²) in [5.41, 5.74) is 3.59. The summed E-state index contributed by atoms with van der Waals surface area (Å²) < 4.78 is 25.5. The first-order chi connectivity index (χ1) is 13.7. The fourth-order valence-electron chi connectivity index (χ4n) is 2.83. The lowest BCUT2D eigenvalue weighted by Crippen LogP contribution is -2.41. The molecule has 0 aromatic heterocycles. The van der Waals surface area contributed by atoms with Crippen LogP contribution in [0.25, 0.3) is 0 Å². The van der Waals surface area contributed by atoms with Crippen LogP contribution in [-0.4, -0.2) is 39.4 Å². The van der Waals surface area contributed by atoms with Gasteiger partial charge in [0.15, 0.2) is 0 Å². The lowest BCUT2D eigenvalue weighted by atomic mass is 10.2. The minimum absolute atomic E-state index is 0.267. The highest BCUT2D eigenvalue weighted by atomic mass is 35.5. The fraction of sp³-hybridized carbons (Fsp3) is 0.381. The number of carbonyl (C=O) groups excluding carboxylic acids is 1. The number of amides is 1. The topological polar surface area (TPSA) is 66.5 Å². The lowest BCUT2D eigenvalue weighted by Gasteiger charge is -2.24. The molecule has 2 aromatic carbocycles. The largest absolute Gasteiger partial charge is 0.354 e. The molecule has 5 nitrogen and oxygen atoms in total. The van der Waals surface area contributed by atoms with Crippen molar-refractivity contribution >= 4 is 45.0 Å². The maximum absolute atomic E-state index is 12.3. The smallest absolute Gasteiger partial charge is 0.240 e. The van der Waals surface area contributed by atoms with E-state index in [9.17, 15) is 13.2 Å². The third-order valence-electron chi connectivity index (χ3n) is 4.33. The van der Waals surface area contributed by atoms with E-state index in [-0.39, 0.29) is 12.5 Å². The van der Waals surface area contributed by atoms with Crippen LogP contribution in [0.1, 0.15) is 23.1 Å². The summed E-state index contributed by atoms with van der Waals surface area (Å²) in [5.74, 6) is 1.52. The van der Waals surface area contributed by atoms with Crippen LogP contribution < -0.4 is 9.62 Å². The molecule has 1 N–H and O–H groups in total. The van der Waals surface area contributed by atoms with E-state index >= 15 is 0 Å². The molecule has 0 saturated heterocycles. The number of halogens is 1. The number of hydrogen-bond acceptors (Lipinski definition) is 4. The molecule has 2 rings (SSSR count). The Morgan fingerprint density at radius 1 is 1.17 bits per heavy atom. The van der Waals surface area contributed by atoms with Gasteiger partial charge in [-0.05, 0) is 49.3 Å². The summed E-state index contributed by atoms with van der Waals surface area (Å²) in [6.45, 7) is 4.05. The molecular formula is C21H27ClN2O3S2. The monoisotopic (exact) mass is 454 g/mol. The van der Waals surface area contributed by atoms with E-state index in [1.54, 1.807) is 25.1 Å². The van der Waals surface area contributed by atoms with Crippen molar-refractivity contribution in [3.63, 3.8) is 0 Å². The van der Waals surface area contributed by atoms with Crippen LogP contribution in [0, 0.1) is 13.8 Å². The Labute approximate surface area is 182 Å². The molecule has 158 valence electrons. The first-order valence-corrected chi connectivity index (χ1v) is 12.7. The average Bonchev–Trinajstić information content (AvgIpc) is 2.64. The number of benzene rings is 2. The van der Waals surface area contributed by atoms with E-state index in [1.165, 1.54) is 11.1 Å². The Balaban J connectivity index is 1.81. The van der Waals surface area contributed by atoms with Gasteiger partial charge >= 0.3 is 0 Å². The van der Waals surface area contributed by atoms with Crippen molar-refractivity contribution in [1.82, 2.24) is 5.32 Å². The van der Waals surface area contributed by atoms with E-state index in [1.807, 2.05) is 11.8 Å². The summed E-state index contributed by atoms with van der Waals surface area (Å²) in [4.78, 5) is 12.3. The van der Waals surface area contributed by atoms with E-state index in [2.05, 4.69) is 36.5 Å². The zero-order valence-electron chi connectivity index (χ0n) is 16.9. The molecule has 0 saturated carbocycles. The summed E-state index contributed by atoms with van der Waals surface area (Å²) in [6.07, 6.45) is 1.90. The highest BCUT2D eigenvalue weighted by Gasteiger charge is 2.22. The first kappa shape index (κ1) is 23.6. The Kier molecular flexibility index (Phi) is 8.86. The van der Waals surface area contributed by atoms with Gasteiger partial charge in [0, 0.05) is 17.3 Å². The number of aryl methyl sites for hydroxylation is 1. The van der Waals surface area contributed by atoms with Crippen LogP contribution in [0.15, 0.2) is 42.5 Å². The number of anilines is 1. The van der Waals surface area contributed by atoms with Crippen LogP contribution in [0.4, 0.5) is 5.69 Å². The van der Waals surface area contributed by atoms with Crippen molar-refractivity contribution in [1.29, 1.82) is 0 Å². The maximum atomic E-state index is 12.3. The zero-order chi connectivity index (χ0) is 21.4. The summed E-state index contributed by atoms with van der Waals surface area (Å²) >= 11 is 7.92. The molecule has 0 heterocycles. The van der Waals surface area contributed by atoms with Crippen molar-refractivity contribution < 1.29 is 13.2 Å². The molecule has 0 unspecified atom stereocenters. The highest BCUT2D eigenvalue weighted by Crippen LogP contribution is 2.28. The van der Waals surface area contributed by atoms with Gasteiger partial charge in [-0.15, -0.1) is 0 Å². The fourth-order valence-corrected chi connectivity index (χ4v) is 4.81. The summed E-state index contributed by atoms with van der Waals surface area (Å²) in [7, 11) is -3.62. The molecule has 0 bridgehead atoms. The van der Waals surface area contributed by atoms with Gasteiger partial charge in [-0.3, -0.25) is 9.10 Å². The minimum Gasteiger partial charge on any atom is -0.354 e. The number of nitrogens with zero attached hydrogens (tertiary/aromatic N) is 1. The van der Waals surface area contributed by atoms with Gasteiger partial charge in [0.1, 0.15) is 6.54 Å². The number of thioether (sulfide) groups is 1. The van der Waals surface area contributed by atoms with Gasteiger partial charge in [0.2, 0.25) is 15.9 Å². The number of hydrogen-bond donors (Lipinski definition) is 1. The van der Waals surface area contributed by atoms with E-state index < -0.39 is 10.0 Å². The van der Waals surface area contributed by atoms with Crippen molar-refractivity contribution in [2.24, 2.45) is 0 Å². The second-order valence-corrected chi connectivity index (χ2v) is 10.3. The number of rotatable bonds is 10. The third kappa shape index (κ3) is 7.57. The predicted octanol–water partition coefficient (Wildman–Crippen LogP) is 4.16. The van der Waals surface area contributed by atoms with E-state index in [0.717, 1.165) is 28.5 Å². The van der Waals surface area contributed by atoms with Crippen LogP contribution in [-0.2, 0) is 20.6 Å².